The molecule has 1 aromatic carbocycles. The Morgan fingerprint density at radius 2 is 2.03 bits per heavy atom. The van der Waals surface area contributed by atoms with Crippen molar-refractivity contribution in [1.82, 2.24) is 25.8 Å². The molecule has 0 atom stereocenters. The van der Waals surface area contributed by atoms with Crippen LogP contribution in [0.1, 0.15) is 40.2 Å². The van der Waals surface area contributed by atoms with Crippen molar-refractivity contribution in [1.29, 1.82) is 0 Å². The lowest BCUT2D eigenvalue weighted by atomic mass is 10.1. The van der Waals surface area contributed by atoms with Gasteiger partial charge in [-0.05, 0) is 38.5 Å². The minimum absolute atomic E-state index is 0.103. The predicted molar refractivity (Wildman–Crippen MR) is 113 cm³/mol. The Morgan fingerprint density at radius 3 is 2.67 bits per heavy atom. The summed E-state index contributed by atoms with van der Waals surface area (Å²) in [4.78, 5) is 34.5. The lowest BCUT2D eigenvalue weighted by Gasteiger charge is -2.26. The van der Waals surface area contributed by atoms with E-state index in [0.717, 1.165) is 23.6 Å². The number of nitrogens with zero attached hydrogens (tertiary/aromatic N) is 3. The highest BCUT2D eigenvalue weighted by Crippen LogP contribution is 2.10. The van der Waals surface area contributed by atoms with Gasteiger partial charge in [0.2, 0.25) is 11.8 Å². The van der Waals surface area contributed by atoms with Gasteiger partial charge in [-0.15, -0.1) is 0 Å². The second-order valence-electron chi connectivity index (χ2n) is 7.07. The van der Waals surface area contributed by atoms with Crippen molar-refractivity contribution < 1.29 is 14.0 Å². The van der Waals surface area contributed by atoms with Crippen molar-refractivity contribution in [2.75, 3.05) is 26.2 Å². The van der Waals surface area contributed by atoms with Gasteiger partial charge in [-0.3, -0.25) is 9.59 Å². The van der Waals surface area contributed by atoms with Crippen molar-refractivity contribution in [2.24, 2.45) is 4.99 Å². The van der Waals surface area contributed by atoms with Crippen LogP contribution in [0.25, 0.3) is 0 Å². The number of amides is 2. The molecule has 0 spiro atoms. The molecule has 160 valence electrons. The van der Waals surface area contributed by atoms with E-state index < -0.39 is 0 Å². The van der Waals surface area contributed by atoms with Gasteiger partial charge in [-0.2, -0.15) is 0 Å². The van der Waals surface area contributed by atoms with Gasteiger partial charge in [0.25, 0.3) is 5.91 Å². The summed E-state index contributed by atoms with van der Waals surface area (Å²) in [7, 11) is 0. The largest absolute Gasteiger partial charge is 0.444 e. The van der Waals surface area contributed by atoms with Crippen LogP contribution >= 0.6 is 0 Å². The molecule has 0 saturated carbocycles. The molecule has 9 heteroatoms. The van der Waals surface area contributed by atoms with Gasteiger partial charge in [0.05, 0.1) is 25.3 Å². The van der Waals surface area contributed by atoms with Crippen LogP contribution in [0.2, 0.25) is 0 Å². The standard InChI is InChI=1S/C21H28N6O3/c1-4-22-21(25-12-19-26-14(2)15(3)30-19)24-11-16-5-7-17(8-6-16)20(29)27-10-9-23-18(28)13-27/h5-8H,4,9-13H2,1-3H3,(H,23,28)(H2,22,24,25). The van der Waals surface area contributed by atoms with Gasteiger partial charge >= 0.3 is 0 Å². The van der Waals surface area contributed by atoms with E-state index in [-0.39, 0.29) is 18.4 Å². The van der Waals surface area contributed by atoms with Crippen LogP contribution in [-0.4, -0.2) is 53.8 Å². The van der Waals surface area contributed by atoms with Crippen LogP contribution in [0.4, 0.5) is 0 Å². The van der Waals surface area contributed by atoms with Gasteiger partial charge in [0.1, 0.15) is 5.76 Å². The summed E-state index contributed by atoms with van der Waals surface area (Å²) in [6.07, 6.45) is 0. The maximum absolute atomic E-state index is 12.5. The van der Waals surface area contributed by atoms with E-state index in [4.69, 9.17) is 4.42 Å². The molecule has 0 bridgehead atoms. The van der Waals surface area contributed by atoms with Crippen molar-refractivity contribution in [3.05, 3.63) is 52.7 Å². The predicted octanol–water partition coefficient (Wildman–Crippen LogP) is 1.12. The fourth-order valence-corrected chi connectivity index (χ4v) is 3.03. The summed E-state index contributed by atoms with van der Waals surface area (Å²) in [5.41, 5.74) is 2.42. The third-order valence-corrected chi connectivity index (χ3v) is 4.77. The van der Waals surface area contributed by atoms with E-state index in [1.165, 1.54) is 0 Å². The minimum atomic E-state index is -0.133. The molecule has 2 amide bonds. The monoisotopic (exact) mass is 412 g/mol. The minimum Gasteiger partial charge on any atom is -0.444 e. The fraction of sp³-hybridized carbons (Fsp3) is 0.429. The Morgan fingerprint density at radius 1 is 1.27 bits per heavy atom. The molecule has 9 nitrogen and oxygen atoms in total. The first kappa shape index (κ1) is 21.4. The molecule has 3 N–H and O–H groups in total. The molecule has 1 aromatic heterocycles. The van der Waals surface area contributed by atoms with Gasteiger partial charge < -0.3 is 25.3 Å². The third kappa shape index (κ3) is 5.59. The van der Waals surface area contributed by atoms with Gasteiger partial charge in [0.15, 0.2) is 5.96 Å². The van der Waals surface area contributed by atoms with E-state index in [1.807, 2.05) is 32.9 Å². The number of rotatable bonds is 6. The average Bonchev–Trinajstić information content (AvgIpc) is 3.07. The molecular formula is C21H28N6O3. The number of nitrogens with one attached hydrogen (secondary N) is 3. The number of hydrogen-bond acceptors (Lipinski definition) is 5. The highest BCUT2D eigenvalue weighted by molar-refractivity contribution is 5.97. The van der Waals surface area contributed by atoms with Crippen LogP contribution in [0.15, 0.2) is 33.7 Å². The highest BCUT2D eigenvalue weighted by atomic mass is 16.4. The molecule has 1 aliphatic heterocycles. The second-order valence-corrected chi connectivity index (χ2v) is 7.07. The number of aryl methyl sites for hydroxylation is 2. The molecule has 2 aromatic rings. The molecule has 0 radical (unpaired) electrons. The van der Waals surface area contributed by atoms with E-state index in [2.05, 4.69) is 25.9 Å². The van der Waals surface area contributed by atoms with E-state index in [1.54, 1.807) is 17.0 Å². The topological polar surface area (TPSA) is 112 Å². The van der Waals surface area contributed by atoms with Crippen molar-refractivity contribution in [3.8, 4) is 0 Å². The number of aromatic nitrogens is 1. The zero-order chi connectivity index (χ0) is 21.5. The van der Waals surface area contributed by atoms with E-state index in [0.29, 0.717) is 43.6 Å². The van der Waals surface area contributed by atoms with Crippen molar-refractivity contribution in [2.45, 2.75) is 33.9 Å². The molecule has 0 unspecified atom stereocenters. The molecule has 1 saturated heterocycles. The molecule has 1 aliphatic rings. The van der Waals surface area contributed by atoms with Gasteiger partial charge in [-0.1, -0.05) is 12.1 Å². The molecule has 1 fully saturated rings. The van der Waals surface area contributed by atoms with E-state index in [9.17, 15) is 9.59 Å². The van der Waals surface area contributed by atoms with Gasteiger partial charge in [0, 0.05) is 25.2 Å². The summed E-state index contributed by atoms with van der Waals surface area (Å²) >= 11 is 0. The summed E-state index contributed by atoms with van der Waals surface area (Å²) in [6.45, 7) is 8.55. The fourth-order valence-electron chi connectivity index (χ4n) is 3.03. The SMILES string of the molecule is CCNC(=NCc1ccc(C(=O)N2CCNC(=O)C2)cc1)NCc1nc(C)c(C)o1. The zero-order valence-corrected chi connectivity index (χ0v) is 17.6. The molecule has 0 aliphatic carbocycles. The highest BCUT2D eigenvalue weighted by Gasteiger charge is 2.22. The number of aliphatic imine (C=N–C) groups is 1. The number of carbonyl (C=O) groups excluding carboxylic acids is 2. The maximum Gasteiger partial charge on any atom is 0.254 e. The van der Waals surface area contributed by atoms with Gasteiger partial charge in [-0.25, -0.2) is 9.98 Å². The van der Waals surface area contributed by atoms with Crippen LogP contribution in [0.3, 0.4) is 0 Å². The summed E-state index contributed by atoms with van der Waals surface area (Å²) in [5, 5.41) is 9.12. The molecule has 2 heterocycles. The number of benzene rings is 1. The number of hydrogen-bond donors (Lipinski definition) is 3. The van der Waals surface area contributed by atoms with Crippen LogP contribution in [0.5, 0.6) is 0 Å². The quantitative estimate of drug-likeness (QED) is 0.484. The summed E-state index contributed by atoms with van der Waals surface area (Å²) < 4.78 is 5.58. The summed E-state index contributed by atoms with van der Waals surface area (Å²) in [6, 6.07) is 7.31. The third-order valence-electron chi connectivity index (χ3n) is 4.77. The zero-order valence-electron chi connectivity index (χ0n) is 17.6. The van der Waals surface area contributed by atoms with Crippen LogP contribution in [0, 0.1) is 13.8 Å². The number of piperazine rings is 1. The first-order chi connectivity index (χ1) is 14.5. The summed E-state index contributed by atoms with van der Waals surface area (Å²) in [5.74, 6) is 1.83. The van der Waals surface area contributed by atoms with Crippen molar-refractivity contribution >= 4 is 17.8 Å². The molecule has 30 heavy (non-hydrogen) atoms. The average molecular weight is 412 g/mol. The normalized spacial score (nSPS) is 14.4. The molecular weight excluding hydrogens is 384 g/mol. The number of guanidine groups is 1. The lowest BCUT2D eigenvalue weighted by molar-refractivity contribution is -0.123. The second kappa shape index (κ2) is 9.91. The number of oxazole rings is 1. The number of carbonyl (C=O) groups is 2. The Labute approximate surface area is 176 Å². The Bertz CT molecular complexity index is 900. The maximum atomic E-state index is 12.5. The smallest absolute Gasteiger partial charge is 0.254 e. The first-order valence-corrected chi connectivity index (χ1v) is 10.1. The van der Waals surface area contributed by atoms with Crippen LogP contribution in [-0.2, 0) is 17.9 Å². The Hall–Kier alpha value is -3.36. The van der Waals surface area contributed by atoms with Crippen LogP contribution < -0.4 is 16.0 Å². The van der Waals surface area contributed by atoms with Crippen molar-refractivity contribution in [3.63, 3.8) is 0 Å². The Kier molecular flexibility index (Phi) is 7.05. The van der Waals surface area contributed by atoms with E-state index >= 15 is 0 Å². The lowest BCUT2D eigenvalue weighted by Crippen LogP contribution is -2.49. The first-order valence-electron chi connectivity index (χ1n) is 10.1. The molecule has 3 rings (SSSR count). The Balaban J connectivity index is 1.58.